The lowest BCUT2D eigenvalue weighted by atomic mass is 10.2. The van der Waals surface area contributed by atoms with E-state index in [0.29, 0.717) is 6.04 Å². The Balaban J connectivity index is 1.87. The maximum Gasteiger partial charge on any atom is 0.141 e. The quantitative estimate of drug-likeness (QED) is 0.798. The van der Waals surface area contributed by atoms with Gasteiger partial charge in [0.1, 0.15) is 5.65 Å². The number of ether oxygens (including phenoxy) is 1. The van der Waals surface area contributed by atoms with Crippen LogP contribution < -0.4 is 5.32 Å². The van der Waals surface area contributed by atoms with Gasteiger partial charge in [0.05, 0.1) is 5.02 Å². The molecular formula is C15H20ClN3O. The average molecular weight is 294 g/mol. The number of aromatic nitrogens is 2. The summed E-state index contributed by atoms with van der Waals surface area (Å²) >= 11 is 6.36. The highest BCUT2D eigenvalue weighted by Crippen LogP contribution is 2.28. The van der Waals surface area contributed by atoms with Crippen LogP contribution in [0.25, 0.3) is 11.0 Å². The molecule has 0 aliphatic heterocycles. The highest BCUT2D eigenvalue weighted by atomic mass is 35.5. The summed E-state index contributed by atoms with van der Waals surface area (Å²) in [5.41, 5.74) is 2.21. The van der Waals surface area contributed by atoms with Gasteiger partial charge in [0.25, 0.3) is 0 Å². The number of fused-ring (bicyclic) bond motifs is 1. The van der Waals surface area contributed by atoms with Crippen molar-refractivity contribution in [3.63, 3.8) is 0 Å². The minimum absolute atomic E-state index is 0.692. The number of rotatable bonds is 7. The third-order valence-corrected chi connectivity index (χ3v) is 4.01. The van der Waals surface area contributed by atoms with E-state index in [2.05, 4.69) is 21.1 Å². The number of hydrogen-bond donors (Lipinski definition) is 1. The molecule has 0 radical (unpaired) electrons. The van der Waals surface area contributed by atoms with Crippen molar-refractivity contribution in [1.29, 1.82) is 0 Å². The van der Waals surface area contributed by atoms with Gasteiger partial charge in [-0.05, 0) is 30.9 Å². The molecular weight excluding hydrogens is 274 g/mol. The third-order valence-electron chi connectivity index (χ3n) is 3.69. The summed E-state index contributed by atoms with van der Waals surface area (Å²) < 4.78 is 7.31. The molecule has 2 aromatic heterocycles. The highest BCUT2D eigenvalue weighted by Gasteiger charge is 2.21. The molecule has 4 nitrogen and oxygen atoms in total. The molecule has 1 aliphatic carbocycles. The highest BCUT2D eigenvalue weighted by molar-refractivity contribution is 6.35. The molecule has 1 N–H and O–H groups in total. The lowest BCUT2D eigenvalue weighted by Crippen LogP contribution is -2.15. The van der Waals surface area contributed by atoms with Crippen LogP contribution in [0.2, 0.25) is 5.02 Å². The van der Waals surface area contributed by atoms with Gasteiger partial charge < -0.3 is 14.6 Å². The molecule has 20 heavy (non-hydrogen) atoms. The van der Waals surface area contributed by atoms with E-state index in [-0.39, 0.29) is 0 Å². The first-order chi connectivity index (χ1) is 9.79. The monoisotopic (exact) mass is 293 g/mol. The Bertz CT molecular complexity index is 592. The lowest BCUT2D eigenvalue weighted by molar-refractivity contribution is 0.190. The zero-order valence-electron chi connectivity index (χ0n) is 11.7. The van der Waals surface area contributed by atoms with E-state index in [1.54, 1.807) is 13.3 Å². The fourth-order valence-corrected chi connectivity index (χ4v) is 2.74. The van der Waals surface area contributed by atoms with Crippen molar-refractivity contribution in [2.45, 2.75) is 38.4 Å². The first kappa shape index (κ1) is 13.9. The number of nitrogens with zero attached hydrogens (tertiary/aromatic N) is 2. The number of hydrogen-bond acceptors (Lipinski definition) is 3. The largest absolute Gasteiger partial charge is 0.385 e. The van der Waals surface area contributed by atoms with E-state index in [1.807, 2.05) is 6.07 Å². The fourth-order valence-electron chi connectivity index (χ4n) is 2.48. The molecule has 1 fully saturated rings. The predicted octanol–water partition coefficient (Wildman–Crippen LogP) is 2.98. The Morgan fingerprint density at radius 1 is 1.50 bits per heavy atom. The van der Waals surface area contributed by atoms with Crippen LogP contribution in [-0.2, 0) is 17.8 Å². The first-order valence-electron chi connectivity index (χ1n) is 7.14. The smallest absolute Gasteiger partial charge is 0.141 e. The minimum Gasteiger partial charge on any atom is -0.385 e. The molecule has 1 saturated carbocycles. The maximum atomic E-state index is 6.36. The Kier molecular flexibility index (Phi) is 4.24. The van der Waals surface area contributed by atoms with Gasteiger partial charge in [-0.2, -0.15) is 0 Å². The van der Waals surface area contributed by atoms with Crippen molar-refractivity contribution >= 4 is 22.6 Å². The summed E-state index contributed by atoms with van der Waals surface area (Å²) in [6.07, 6.45) is 7.51. The Morgan fingerprint density at radius 3 is 3.10 bits per heavy atom. The third kappa shape index (κ3) is 2.97. The standard InChI is InChI=1S/C15H20ClN3O/c1-20-8-2-7-19-10-11(9-18-12-3-4-12)14-13(16)5-6-17-15(14)19/h5-6,10,12,18H,2-4,7-9H2,1H3. The van der Waals surface area contributed by atoms with Crippen molar-refractivity contribution in [1.82, 2.24) is 14.9 Å². The second kappa shape index (κ2) is 6.12. The van der Waals surface area contributed by atoms with Gasteiger partial charge in [-0.1, -0.05) is 11.6 Å². The van der Waals surface area contributed by atoms with E-state index in [0.717, 1.165) is 42.2 Å². The second-order valence-electron chi connectivity index (χ2n) is 5.34. The van der Waals surface area contributed by atoms with Gasteiger partial charge in [-0.3, -0.25) is 0 Å². The predicted molar refractivity (Wildman–Crippen MR) is 81.1 cm³/mol. The fraction of sp³-hybridized carbons (Fsp3) is 0.533. The van der Waals surface area contributed by atoms with E-state index >= 15 is 0 Å². The molecule has 0 spiro atoms. The summed E-state index contributed by atoms with van der Waals surface area (Å²) in [7, 11) is 1.73. The summed E-state index contributed by atoms with van der Waals surface area (Å²) in [6, 6.07) is 2.56. The van der Waals surface area contributed by atoms with E-state index in [1.165, 1.54) is 18.4 Å². The van der Waals surface area contributed by atoms with Crippen LogP contribution in [0.15, 0.2) is 18.5 Å². The molecule has 2 aromatic rings. The zero-order valence-corrected chi connectivity index (χ0v) is 12.5. The van der Waals surface area contributed by atoms with Crippen LogP contribution in [-0.4, -0.2) is 29.3 Å². The second-order valence-corrected chi connectivity index (χ2v) is 5.75. The van der Waals surface area contributed by atoms with Crippen molar-refractivity contribution < 1.29 is 4.74 Å². The van der Waals surface area contributed by atoms with Gasteiger partial charge in [-0.15, -0.1) is 0 Å². The summed E-state index contributed by atoms with van der Waals surface area (Å²) in [5, 5.41) is 5.42. The molecule has 1 aliphatic rings. The van der Waals surface area contributed by atoms with Gasteiger partial charge in [0, 0.05) is 50.6 Å². The Hall–Kier alpha value is -1.10. The van der Waals surface area contributed by atoms with Crippen LogP contribution in [0.1, 0.15) is 24.8 Å². The Labute approximate surface area is 124 Å². The molecule has 5 heteroatoms. The van der Waals surface area contributed by atoms with Gasteiger partial charge in [0.15, 0.2) is 0 Å². The zero-order chi connectivity index (χ0) is 13.9. The van der Waals surface area contributed by atoms with Crippen LogP contribution in [0.4, 0.5) is 0 Å². The summed E-state index contributed by atoms with van der Waals surface area (Å²) in [5.74, 6) is 0. The van der Waals surface area contributed by atoms with Crippen LogP contribution in [0, 0.1) is 0 Å². The number of halogens is 1. The van der Waals surface area contributed by atoms with Crippen molar-refractivity contribution in [3.8, 4) is 0 Å². The normalized spacial score (nSPS) is 15.1. The topological polar surface area (TPSA) is 39.1 Å². The molecule has 0 unspecified atom stereocenters. The molecule has 108 valence electrons. The van der Waals surface area contributed by atoms with E-state index in [4.69, 9.17) is 16.3 Å². The van der Waals surface area contributed by atoms with Gasteiger partial charge >= 0.3 is 0 Å². The number of methoxy groups -OCH3 is 1. The molecule has 2 heterocycles. The SMILES string of the molecule is COCCCn1cc(CNC2CC2)c2c(Cl)ccnc21. The Morgan fingerprint density at radius 2 is 2.35 bits per heavy atom. The van der Waals surface area contributed by atoms with Gasteiger partial charge in [0.2, 0.25) is 0 Å². The maximum absolute atomic E-state index is 6.36. The van der Waals surface area contributed by atoms with Crippen molar-refractivity contribution in [2.75, 3.05) is 13.7 Å². The van der Waals surface area contributed by atoms with Crippen LogP contribution >= 0.6 is 11.6 Å². The average Bonchev–Trinajstić information content (AvgIpc) is 3.20. The number of nitrogens with one attached hydrogen (secondary N) is 1. The molecule has 0 aromatic carbocycles. The van der Waals surface area contributed by atoms with Crippen LogP contribution in [0.3, 0.4) is 0 Å². The van der Waals surface area contributed by atoms with E-state index < -0.39 is 0 Å². The number of pyridine rings is 1. The number of aryl methyl sites for hydroxylation is 1. The molecule has 0 bridgehead atoms. The van der Waals surface area contributed by atoms with Crippen molar-refractivity contribution in [2.24, 2.45) is 0 Å². The summed E-state index contributed by atoms with van der Waals surface area (Å²) in [4.78, 5) is 4.49. The van der Waals surface area contributed by atoms with Gasteiger partial charge in [-0.25, -0.2) is 4.98 Å². The lowest BCUT2D eigenvalue weighted by Gasteiger charge is -2.03. The first-order valence-corrected chi connectivity index (χ1v) is 7.52. The van der Waals surface area contributed by atoms with Crippen molar-refractivity contribution in [3.05, 3.63) is 29.0 Å². The molecule has 3 rings (SSSR count). The minimum atomic E-state index is 0.692. The van der Waals surface area contributed by atoms with Crippen LogP contribution in [0.5, 0.6) is 0 Å². The molecule has 0 saturated heterocycles. The molecule has 0 amide bonds. The summed E-state index contributed by atoms with van der Waals surface area (Å²) in [6.45, 7) is 2.53. The molecule has 0 atom stereocenters. The van der Waals surface area contributed by atoms with E-state index in [9.17, 15) is 0 Å².